The number of halogens is 6. The van der Waals surface area contributed by atoms with Gasteiger partial charge in [0.2, 0.25) is 5.91 Å². The third kappa shape index (κ3) is 5.98. The van der Waals surface area contributed by atoms with Crippen LogP contribution in [0.2, 0.25) is 0 Å². The molecule has 26 heavy (non-hydrogen) atoms. The second kappa shape index (κ2) is 8.12. The summed E-state index contributed by atoms with van der Waals surface area (Å²) >= 11 is 0. The van der Waals surface area contributed by atoms with Crippen molar-refractivity contribution in [1.29, 1.82) is 0 Å². The molecule has 3 N–H and O–H groups in total. The van der Waals surface area contributed by atoms with Gasteiger partial charge >= 0.3 is 12.4 Å². The lowest BCUT2D eigenvalue weighted by Gasteiger charge is -2.17. The average molecular weight is 380 g/mol. The van der Waals surface area contributed by atoms with Gasteiger partial charge in [0.05, 0.1) is 11.1 Å². The first-order valence-corrected chi connectivity index (χ1v) is 7.19. The van der Waals surface area contributed by atoms with E-state index in [1.807, 2.05) is 5.32 Å². The molecule has 0 aliphatic carbocycles. The molecule has 0 saturated carbocycles. The normalized spacial score (nSPS) is 13.0. The maximum Gasteiger partial charge on any atom is 0.416 e. The molecule has 1 aromatic carbocycles. The maximum absolute atomic E-state index is 12.8. The quantitative estimate of drug-likeness (QED) is 0.452. The van der Waals surface area contributed by atoms with Gasteiger partial charge in [0.15, 0.2) is 0 Å². The van der Waals surface area contributed by atoms with Crippen LogP contribution in [0.25, 0.3) is 0 Å². The number of hydrogen-bond acceptors (Lipinski definition) is 2. The van der Waals surface area contributed by atoms with Crippen molar-refractivity contribution in [2.24, 2.45) is 5.73 Å². The molecule has 0 saturated heterocycles. The molecule has 10 heteroatoms. The van der Waals surface area contributed by atoms with Crippen LogP contribution < -0.4 is 11.1 Å². The smallest absolute Gasteiger partial charge is 0.368 e. The molecule has 142 valence electrons. The molecular weight excluding hydrogens is 366 g/mol. The van der Waals surface area contributed by atoms with Gasteiger partial charge in [-0.3, -0.25) is 9.59 Å². The lowest BCUT2D eigenvalue weighted by molar-refractivity contribution is -0.143. The zero-order valence-electron chi connectivity index (χ0n) is 13.2. The molecule has 2 amide bonds. The number of alkyl halides is 6. The predicted molar refractivity (Wildman–Crippen MR) is 79.6 cm³/mol. The van der Waals surface area contributed by atoms with E-state index in [0.717, 1.165) is 0 Å². The van der Waals surface area contributed by atoms with Gasteiger partial charge in [-0.15, -0.1) is 12.3 Å². The number of terminal acetylenes is 1. The summed E-state index contributed by atoms with van der Waals surface area (Å²) in [7, 11) is 0. The molecule has 0 aliphatic heterocycles. The van der Waals surface area contributed by atoms with Crippen molar-refractivity contribution in [3.05, 3.63) is 34.9 Å². The van der Waals surface area contributed by atoms with Crippen molar-refractivity contribution in [3.63, 3.8) is 0 Å². The molecule has 0 heterocycles. The first-order chi connectivity index (χ1) is 11.9. The monoisotopic (exact) mass is 380 g/mol. The molecule has 0 spiro atoms. The molecule has 1 atom stereocenters. The van der Waals surface area contributed by atoms with Gasteiger partial charge < -0.3 is 11.1 Å². The maximum atomic E-state index is 12.8. The number of rotatable bonds is 6. The lowest BCUT2D eigenvalue weighted by Crippen LogP contribution is -2.44. The van der Waals surface area contributed by atoms with Gasteiger partial charge in [0, 0.05) is 12.0 Å². The first-order valence-electron chi connectivity index (χ1n) is 7.19. The number of primary amides is 1. The SMILES string of the molecule is C#CCCC[C@@H](NC(=O)c1cc(C(F)(F)F)cc(C(F)(F)F)c1)C(N)=O. The van der Waals surface area contributed by atoms with Gasteiger partial charge in [-0.05, 0) is 31.0 Å². The van der Waals surface area contributed by atoms with Gasteiger partial charge in [-0.2, -0.15) is 26.3 Å². The highest BCUT2D eigenvalue weighted by atomic mass is 19.4. The van der Waals surface area contributed by atoms with E-state index in [9.17, 15) is 35.9 Å². The number of hydrogen-bond donors (Lipinski definition) is 2. The van der Waals surface area contributed by atoms with Crippen LogP contribution in [0.1, 0.15) is 40.7 Å². The van der Waals surface area contributed by atoms with Crippen LogP contribution >= 0.6 is 0 Å². The highest BCUT2D eigenvalue weighted by Gasteiger charge is 2.37. The molecule has 0 bridgehead atoms. The standard InChI is InChI=1S/C16H14F6N2O2/c1-2-3-4-5-12(13(23)25)24-14(26)9-6-10(15(17,18)19)8-11(7-9)16(20,21)22/h1,6-8,12H,3-5H2,(H2,23,25)(H,24,26)/t12-/m1/s1. The number of amides is 2. The Kier molecular flexibility index (Phi) is 6.66. The number of carbonyl (C=O) groups excluding carboxylic acids is 2. The zero-order valence-corrected chi connectivity index (χ0v) is 13.2. The first kappa shape index (κ1) is 21.3. The summed E-state index contributed by atoms with van der Waals surface area (Å²) < 4.78 is 76.8. The predicted octanol–water partition coefficient (Wildman–Crippen LogP) is 3.11. The summed E-state index contributed by atoms with van der Waals surface area (Å²) in [6.07, 6.45) is -4.62. The molecule has 0 radical (unpaired) electrons. The van der Waals surface area contributed by atoms with Crippen LogP contribution in [0.5, 0.6) is 0 Å². The van der Waals surface area contributed by atoms with Crippen LogP contribution in [0.3, 0.4) is 0 Å². The lowest BCUT2D eigenvalue weighted by atomic mass is 10.0. The van der Waals surface area contributed by atoms with Crippen molar-refractivity contribution in [1.82, 2.24) is 5.32 Å². The van der Waals surface area contributed by atoms with E-state index in [2.05, 4.69) is 5.92 Å². The molecule has 1 aromatic rings. The number of benzene rings is 1. The summed E-state index contributed by atoms with van der Waals surface area (Å²) in [5.74, 6) is 0.00672. The van der Waals surface area contributed by atoms with Crippen LogP contribution in [0.15, 0.2) is 18.2 Å². The Labute approximate surface area is 144 Å². The fourth-order valence-electron chi connectivity index (χ4n) is 2.02. The van der Waals surface area contributed by atoms with E-state index >= 15 is 0 Å². The van der Waals surface area contributed by atoms with E-state index in [4.69, 9.17) is 12.2 Å². The number of nitrogens with two attached hydrogens (primary N) is 1. The van der Waals surface area contributed by atoms with E-state index < -0.39 is 46.9 Å². The summed E-state index contributed by atoms with van der Waals surface area (Å²) in [6.45, 7) is 0. The minimum absolute atomic E-state index is 0.00361. The summed E-state index contributed by atoms with van der Waals surface area (Å²) in [6, 6.07) is -0.844. The number of nitrogens with one attached hydrogen (secondary N) is 1. The Hall–Kier alpha value is -2.70. The van der Waals surface area contributed by atoms with Crippen molar-refractivity contribution in [2.45, 2.75) is 37.7 Å². The summed E-state index contributed by atoms with van der Waals surface area (Å²) in [4.78, 5) is 23.4. The fourth-order valence-corrected chi connectivity index (χ4v) is 2.02. The third-order valence-corrected chi connectivity index (χ3v) is 3.31. The van der Waals surface area contributed by atoms with Gasteiger partial charge in [0.1, 0.15) is 6.04 Å². The Balaban J connectivity index is 3.17. The Morgan fingerprint density at radius 1 is 1.08 bits per heavy atom. The van der Waals surface area contributed by atoms with E-state index in [1.54, 1.807) is 0 Å². The molecule has 0 fully saturated rings. The van der Waals surface area contributed by atoms with Gasteiger partial charge in [-0.1, -0.05) is 0 Å². The van der Waals surface area contributed by atoms with Crippen LogP contribution in [-0.2, 0) is 17.1 Å². The highest BCUT2D eigenvalue weighted by molar-refractivity contribution is 5.97. The van der Waals surface area contributed by atoms with E-state index in [-0.39, 0.29) is 37.5 Å². The Morgan fingerprint density at radius 2 is 1.58 bits per heavy atom. The molecule has 0 unspecified atom stereocenters. The second-order valence-corrected chi connectivity index (χ2v) is 5.32. The van der Waals surface area contributed by atoms with Gasteiger partial charge in [0.25, 0.3) is 5.91 Å². The zero-order chi connectivity index (χ0) is 20.1. The van der Waals surface area contributed by atoms with Crippen LogP contribution in [0, 0.1) is 12.3 Å². The minimum atomic E-state index is -5.09. The van der Waals surface area contributed by atoms with E-state index in [0.29, 0.717) is 0 Å². The Morgan fingerprint density at radius 3 is 1.96 bits per heavy atom. The average Bonchev–Trinajstić information content (AvgIpc) is 2.51. The summed E-state index contributed by atoms with van der Waals surface area (Å²) in [5, 5.41) is 2.03. The number of carbonyl (C=O) groups is 2. The Bertz CT molecular complexity index is 687. The van der Waals surface area contributed by atoms with Crippen LogP contribution in [-0.4, -0.2) is 17.9 Å². The van der Waals surface area contributed by atoms with Gasteiger partial charge in [-0.25, -0.2) is 0 Å². The molecular formula is C16H14F6N2O2. The van der Waals surface area contributed by atoms with E-state index in [1.165, 1.54) is 0 Å². The largest absolute Gasteiger partial charge is 0.416 e. The summed E-state index contributed by atoms with van der Waals surface area (Å²) in [5.41, 5.74) is 0.908. The van der Waals surface area contributed by atoms with Crippen LogP contribution in [0.4, 0.5) is 26.3 Å². The molecule has 0 aliphatic rings. The fraction of sp³-hybridized carbons (Fsp3) is 0.375. The van der Waals surface area contributed by atoms with Crippen molar-refractivity contribution < 1.29 is 35.9 Å². The number of unbranched alkanes of at least 4 members (excludes halogenated alkanes) is 1. The minimum Gasteiger partial charge on any atom is -0.368 e. The highest BCUT2D eigenvalue weighted by Crippen LogP contribution is 2.36. The van der Waals surface area contributed by atoms with Crippen molar-refractivity contribution in [2.75, 3.05) is 0 Å². The van der Waals surface area contributed by atoms with Crippen molar-refractivity contribution >= 4 is 11.8 Å². The molecule has 4 nitrogen and oxygen atoms in total. The molecule has 1 rings (SSSR count). The molecule has 0 aromatic heterocycles. The third-order valence-electron chi connectivity index (χ3n) is 3.31. The van der Waals surface area contributed by atoms with Crippen molar-refractivity contribution in [3.8, 4) is 12.3 Å². The second-order valence-electron chi connectivity index (χ2n) is 5.32. The topological polar surface area (TPSA) is 72.2 Å².